The minimum absolute atomic E-state index is 0.0558. The number of sulfonamides is 1. The summed E-state index contributed by atoms with van der Waals surface area (Å²) in [5, 5.41) is 15.3. The molecule has 0 unspecified atom stereocenters. The Morgan fingerprint density at radius 1 is 1.27 bits per heavy atom. The van der Waals surface area contributed by atoms with E-state index in [0.717, 1.165) is 9.87 Å². The van der Waals surface area contributed by atoms with Crippen molar-refractivity contribution in [3.05, 3.63) is 42.2 Å². The van der Waals surface area contributed by atoms with E-state index < -0.39 is 34.0 Å². The van der Waals surface area contributed by atoms with Crippen LogP contribution in [0.15, 0.2) is 41.6 Å². The quantitative estimate of drug-likeness (QED) is 0.647. The van der Waals surface area contributed by atoms with Crippen molar-refractivity contribution in [1.82, 2.24) is 14.9 Å². The third-order valence-corrected chi connectivity index (χ3v) is 7.66. The fourth-order valence-electron chi connectivity index (χ4n) is 4.07. The van der Waals surface area contributed by atoms with Gasteiger partial charge >= 0.3 is 0 Å². The lowest BCUT2D eigenvalue weighted by Crippen LogP contribution is -2.54. The molecule has 30 heavy (non-hydrogen) atoms. The predicted molar refractivity (Wildman–Crippen MR) is 111 cm³/mol. The molecule has 2 aliphatic rings. The van der Waals surface area contributed by atoms with Gasteiger partial charge in [0.05, 0.1) is 17.4 Å². The van der Waals surface area contributed by atoms with Gasteiger partial charge in [0.15, 0.2) is 0 Å². The van der Waals surface area contributed by atoms with Gasteiger partial charge in [0, 0.05) is 18.4 Å². The molecule has 8 nitrogen and oxygen atoms in total. The van der Waals surface area contributed by atoms with E-state index in [2.05, 4.69) is 10.6 Å². The van der Waals surface area contributed by atoms with Crippen LogP contribution in [0.25, 0.3) is 0 Å². The minimum atomic E-state index is -4.00. The van der Waals surface area contributed by atoms with Crippen LogP contribution in [0.1, 0.15) is 45.1 Å². The van der Waals surface area contributed by atoms with Crippen LogP contribution in [-0.4, -0.2) is 47.8 Å². The van der Waals surface area contributed by atoms with Crippen LogP contribution < -0.4 is 10.6 Å². The topological polar surface area (TPSA) is 116 Å². The summed E-state index contributed by atoms with van der Waals surface area (Å²) < 4.78 is 27.2. The summed E-state index contributed by atoms with van der Waals surface area (Å²) in [6, 6.07) is 5.00. The molecule has 1 aliphatic heterocycles. The molecule has 0 bridgehead atoms. The summed E-state index contributed by atoms with van der Waals surface area (Å²) >= 11 is 0. The smallest absolute Gasteiger partial charge is 0.264 e. The number of amides is 2. The third-order valence-electron chi connectivity index (χ3n) is 5.86. The Hall–Kier alpha value is -2.39. The number of nitrogens with zero attached hydrogens (tertiary/aromatic N) is 1. The van der Waals surface area contributed by atoms with Gasteiger partial charge in [-0.1, -0.05) is 31.5 Å². The van der Waals surface area contributed by atoms with E-state index in [1.807, 2.05) is 20.8 Å². The van der Waals surface area contributed by atoms with E-state index in [4.69, 9.17) is 0 Å². The maximum absolute atomic E-state index is 13.1. The summed E-state index contributed by atoms with van der Waals surface area (Å²) in [5.74, 6) is -0.953. The molecule has 0 aromatic heterocycles. The van der Waals surface area contributed by atoms with Gasteiger partial charge in [-0.05, 0) is 43.7 Å². The summed E-state index contributed by atoms with van der Waals surface area (Å²) in [6.07, 6.45) is 3.63. The Morgan fingerprint density at radius 2 is 1.93 bits per heavy atom. The zero-order valence-electron chi connectivity index (χ0n) is 17.5. The SMILES string of the molecule is Cc1ccc(S(=O)(=O)N2C=CNC(=O)[C@H]2CC(=O)N[C@H]2CC[C@H](O)CC2(C)C)cc1. The van der Waals surface area contributed by atoms with Crippen LogP contribution in [0.2, 0.25) is 0 Å². The normalized spacial score (nSPS) is 26.2. The van der Waals surface area contributed by atoms with Gasteiger partial charge in [-0.3, -0.25) is 13.9 Å². The van der Waals surface area contributed by atoms with Gasteiger partial charge in [-0.2, -0.15) is 0 Å². The Balaban J connectivity index is 1.77. The minimum Gasteiger partial charge on any atom is -0.393 e. The van der Waals surface area contributed by atoms with Crippen LogP contribution in [0.5, 0.6) is 0 Å². The van der Waals surface area contributed by atoms with E-state index in [0.29, 0.717) is 19.3 Å². The van der Waals surface area contributed by atoms with Crippen LogP contribution >= 0.6 is 0 Å². The summed E-state index contributed by atoms with van der Waals surface area (Å²) in [6.45, 7) is 5.80. The fourth-order valence-corrected chi connectivity index (χ4v) is 5.52. The highest BCUT2D eigenvalue weighted by atomic mass is 32.2. The molecular formula is C21H29N3O5S. The Labute approximate surface area is 177 Å². The molecule has 1 aromatic carbocycles. The lowest BCUT2D eigenvalue weighted by atomic mass is 9.72. The van der Waals surface area contributed by atoms with E-state index in [1.54, 1.807) is 12.1 Å². The number of carbonyl (C=O) groups excluding carboxylic acids is 2. The lowest BCUT2D eigenvalue weighted by molar-refractivity contribution is -0.130. The highest BCUT2D eigenvalue weighted by Crippen LogP contribution is 2.35. The Bertz CT molecular complexity index is 940. The van der Waals surface area contributed by atoms with Gasteiger partial charge in [0.2, 0.25) is 11.8 Å². The van der Waals surface area contributed by atoms with Crippen molar-refractivity contribution < 1.29 is 23.1 Å². The first-order chi connectivity index (χ1) is 14.0. The number of hydrogen-bond acceptors (Lipinski definition) is 5. The van der Waals surface area contributed by atoms with Crippen molar-refractivity contribution in [3.63, 3.8) is 0 Å². The zero-order chi connectivity index (χ0) is 22.1. The number of benzene rings is 1. The third kappa shape index (κ3) is 4.67. The number of aryl methyl sites for hydroxylation is 1. The molecular weight excluding hydrogens is 406 g/mol. The van der Waals surface area contributed by atoms with E-state index >= 15 is 0 Å². The molecule has 3 N–H and O–H groups in total. The maximum Gasteiger partial charge on any atom is 0.264 e. The molecule has 1 aromatic rings. The second-order valence-corrected chi connectivity index (χ2v) is 10.6. The fraction of sp³-hybridized carbons (Fsp3) is 0.524. The molecule has 9 heteroatoms. The largest absolute Gasteiger partial charge is 0.393 e. The summed E-state index contributed by atoms with van der Waals surface area (Å²) in [4.78, 5) is 25.3. The van der Waals surface area contributed by atoms with Crippen molar-refractivity contribution in [2.75, 3.05) is 0 Å². The van der Waals surface area contributed by atoms with Gasteiger partial charge in [-0.15, -0.1) is 0 Å². The van der Waals surface area contributed by atoms with Crippen molar-refractivity contribution >= 4 is 21.8 Å². The molecule has 0 radical (unpaired) electrons. The predicted octanol–water partition coefficient (Wildman–Crippen LogP) is 1.40. The first-order valence-corrected chi connectivity index (χ1v) is 11.5. The summed E-state index contributed by atoms with van der Waals surface area (Å²) in [7, 11) is -4.00. The zero-order valence-corrected chi connectivity index (χ0v) is 18.3. The van der Waals surface area contributed by atoms with Crippen LogP contribution in [-0.2, 0) is 19.6 Å². The van der Waals surface area contributed by atoms with Gasteiger partial charge in [0.1, 0.15) is 6.04 Å². The van der Waals surface area contributed by atoms with E-state index in [-0.39, 0.29) is 22.8 Å². The highest BCUT2D eigenvalue weighted by Gasteiger charge is 2.40. The number of aliphatic hydroxyl groups is 1. The Kier molecular flexibility index (Phi) is 6.24. The molecule has 164 valence electrons. The monoisotopic (exact) mass is 435 g/mol. The molecule has 1 fully saturated rings. The van der Waals surface area contributed by atoms with Gasteiger partial charge < -0.3 is 15.7 Å². The van der Waals surface area contributed by atoms with E-state index in [9.17, 15) is 23.1 Å². The Morgan fingerprint density at radius 3 is 2.57 bits per heavy atom. The van der Waals surface area contributed by atoms with Crippen LogP contribution in [0.4, 0.5) is 0 Å². The van der Waals surface area contributed by atoms with E-state index in [1.165, 1.54) is 24.5 Å². The number of aliphatic hydroxyl groups excluding tert-OH is 1. The standard InChI is InChI=1S/C21H29N3O5S/c1-14-4-7-16(8-5-14)30(28,29)24-11-10-22-20(27)17(24)12-19(26)23-18-9-6-15(25)13-21(18,2)3/h4-5,7-8,10-11,15,17-18,25H,6,9,12-13H2,1-3H3,(H,22,27)(H,23,26)/t15-,17+,18-/m0/s1. The number of rotatable bonds is 5. The molecule has 3 atom stereocenters. The van der Waals surface area contributed by atoms with Crippen LogP contribution in [0.3, 0.4) is 0 Å². The molecule has 1 heterocycles. The molecule has 0 saturated heterocycles. The number of hydrogen-bond donors (Lipinski definition) is 3. The van der Waals surface area contributed by atoms with Gasteiger partial charge in [0.25, 0.3) is 10.0 Å². The highest BCUT2D eigenvalue weighted by molar-refractivity contribution is 7.89. The van der Waals surface area contributed by atoms with Crippen molar-refractivity contribution in [3.8, 4) is 0 Å². The van der Waals surface area contributed by atoms with Crippen LogP contribution in [0, 0.1) is 12.3 Å². The molecule has 1 aliphatic carbocycles. The molecule has 1 saturated carbocycles. The first kappa shape index (κ1) is 22.3. The molecule has 3 rings (SSSR count). The second kappa shape index (κ2) is 8.39. The average Bonchev–Trinajstić information content (AvgIpc) is 2.65. The summed E-state index contributed by atoms with van der Waals surface area (Å²) in [5.41, 5.74) is 0.618. The maximum atomic E-state index is 13.1. The van der Waals surface area contributed by atoms with Crippen molar-refractivity contribution in [1.29, 1.82) is 0 Å². The lowest BCUT2D eigenvalue weighted by Gasteiger charge is -2.41. The van der Waals surface area contributed by atoms with Gasteiger partial charge in [-0.25, -0.2) is 8.42 Å². The van der Waals surface area contributed by atoms with Crippen molar-refractivity contribution in [2.45, 2.75) is 69.5 Å². The average molecular weight is 436 g/mol. The number of nitrogens with one attached hydrogen (secondary N) is 2. The molecule has 0 spiro atoms. The first-order valence-electron chi connectivity index (χ1n) is 10.1. The number of carbonyl (C=O) groups is 2. The molecule has 2 amide bonds. The second-order valence-electron chi connectivity index (χ2n) is 8.74. The van der Waals surface area contributed by atoms with Crippen molar-refractivity contribution in [2.24, 2.45) is 5.41 Å².